The van der Waals surface area contributed by atoms with Crippen molar-refractivity contribution in [2.24, 2.45) is 0 Å². The fourth-order valence-electron chi connectivity index (χ4n) is 7.27. The second kappa shape index (κ2) is 14.3. The van der Waals surface area contributed by atoms with Crippen LogP contribution in [0.15, 0.2) is 36.4 Å². The van der Waals surface area contributed by atoms with Crippen LogP contribution in [0.25, 0.3) is 11.3 Å². The van der Waals surface area contributed by atoms with Gasteiger partial charge in [0.15, 0.2) is 0 Å². The van der Waals surface area contributed by atoms with Gasteiger partial charge in [-0.2, -0.15) is 9.40 Å². The van der Waals surface area contributed by atoms with Crippen molar-refractivity contribution in [1.29, 1.82) is 0 Å². The number of nitrogens with zero attached hydrogens (tertiary/aromatic N) is 5. The first-order valence-electron chi connectivity index (χ1n) is 17.0. The van der Waals surface area contributed by atoms with Crippen LogP contribution in [-0.2, 0) is 52.0 Å². The normalized spacial score (nSPS) is 20.2. The standard InChI is InChI=1S/C36H43ClN6O4S/c1-48(45,46)42-16-11-34-31(25-42)35(39-43(34)15-4-12-40-17-19-47-20-18-40)29-9-10-32(37)28(22-29)8-6-26-5-7-27-23-33(38-24-30(27)21-26)36(44)41-13-2-3-14-41/h5,7,9-10,21-22,33,38H,2-4,11-20,23-25H2,1H3/t33-/m0/s1. The molecule has 0 aliphatic carbocycles. The third-order valence-electron chi connectivity index (χ3n) is 9.98. The molecule has 2 saturated heterocycles. The number of ether oxygens (including phenoxy) is 1. The first-order valence-corrected chi connectivity index (χ1v) is 19.3. The van der Waals surface area contributed by atoms with Gasteiger partial charge in [0.2, 0.25) is 15.9 Å². The fraction of sp³-hybridized carbons (Fsp3) is 0.500. The van der Waals surface area contributed by atoms with Crippen LogP contribution in [-0.4, -0.2) is 103 Å². The number of fused-ring (bicyclic) bond motifs is 2. The second-order valence-corrected chi connectivity index (χ2v) is 15.6. The van der Waals surface area contributed by atoms with Gasteiger partial charge in [-0.05, 0) is 61.1 Å². The minimum Gasteiger partial charge on any atom is -0.379 e. The van der Waals surface area contributed by atoms with Crippen molar-refractivity contribution in [2.45, 2.75) is 57.8 Å². The number of aryl methyl sites for hydroxylation is 1. The van der Waals surface area contributed by atoms with Crippen LogP contribution in [0.2, 0.25) is 5.02 Å². The lowest BCUT2D eigenvalue weighted by molar-refractivity contribution is -0.132. The van der Waals surface area contributed by atoms with Crippen molar-refractivity contribution >= 4 is 27.5 Å². The number of amides is 1. The topological polar surface area (TPSA) is 100 Å². The second-order valence-electron chi connectivity index (χ2n) is 13.2. The fourth-order valence-corrected chi connectivity index (χ4v) is 8.22. The van der Waals surface area contributed by atoms with Crippen molar-refractivity contribution in [3.05, 3.63) is 74.9 Å². The van der Waals surface area contributed by atoms with E-state index >= 15 is 0 Å². The van der Waals surface area contributed by atoms with Crippen LogP contribution in [0, 0.1) is 11.8 Å². The number of halogens is 1. The predicted octanol–water partition coefficient (Wildman–Crippen LogP) is 3.28. The van der Waals surface area contributed by atoms with E-state index in [2.05, 4.69) is 38.9 Å². The minimum atomic E-state index is -3.35. The van der Waals surface area contributed by atoms with E-state index in [0.717, 1.165) is 105 Å². The Hall–Kier alpha value is -3.24. The lowest BCUT2D eigenvalue weighted by atomic mass is 9.93. The molecule has 3 aromatic rings. The molecule has 0 unspecified atom stereocenters. The zero-order valence-electron chi connectivity index (χ0n) is 27.5. The molecule has 1 atom stereocenters. The number of benzene rings is 2. The number of carbonyl (C=O) groups is 1. The number of hydrogen-bond acceptors (Lipinski definition) is 7. The summed E-state index contributed by atoms with van der Waals surface area (Å²) in [5.74, 6) is 6.79. The maximum absolute atomic E-state index is 12.9. The zero-order chi connectivity index (χ0) is 33.3. The summed E-state index contributed by atoms with van der Waals surface area (Å²) in [6.07, 6.45) is 5.71. The molecular formula is C36H43ClN6O4S. The first kappa shape index (κ1) is 33.3. The molecule has 0 spiro atoms. The molecule has 7 rings (SSSR count). The Morgan fingerprint density at radius 2 is 1.83 bits per heavy atom. The van der Waals surface area contributed by atoms with Gasteiger partial charge in [0.05, 0.1) is 36.2 Å². The largest absolute Gasteiger partial charge is 0.379 e. The number of sulfonamides is 1. The van der Waals surface area contributed by atoms with Crippen molar-refractivity contribution < 1.29 is 17.9 Å². The molecule has 0 radical (unpaired) electrons. The lowest BCUT2D eigenvalue weighted by Gasteiger charge is -2.29. The number of carbonyl (C=O) groups excluding carboxylic acids is 1. The molecule has 4 aliphatic heterocycles. The van der Waals surface area contributed by atoms with Gasteiger partial charge in [-0.25, -0.2) is 8.42 Å². The Bertz CT molecular complexity index is 1850. The summed E-state index contributed by atoms with van der Waals surface area (Å²) in [5.41, 5.74) is 7.61. The molecule has 254 valence electrons. The molecule has 1 aromatic heterocycles. The maximum Gasteiger partial charge on any atom is 0.240 e. The molecule has 0 saturated carbocycles. The smallest absolute Gasteiger partial charge is 0.240 e. The quantitative estimate of drug-likeness (QED) is 0.380. The number of likely N-dealkylation sites (tertiary alicyclic amines) is 1. The van der Waals surface area contributed by atoms with Crippen molar-refractivity contribution in [2.75, 3.05) is 58.7 Å². The molecule has 12 heteroatoms. The Morgan fingerprint density at radius 3 is 2.62 bits per heavy atom. The molecule has 2 aromatic carbocycles. The zero-order valence-corrected chi connectivity index (χ0v) is 29.1. The van der Waals surface area contributed by atoms with Crippen LogP contribution in [0.1, 0.15) is 52.8 Å². The summed E-state index contributed by atoms with van der Waals surface area (Å²) in [6, 6.07) is 11.8. The molecule has 0 bridgehead atoms. The van der Waals surface area contributed by atoms with Gasteiger partial charge in [-0.15, -0.1) is 0 Å². The molecule has 1 N–H and O–H groups in total. The summed E-state index contributed by atoms with van der Waals surface area (Å²) in [7, 11) is -3.35. The van der Waals surface area contributed by atoms with Gasteiger partial charge >= 0.3 is 0 Å². The third-order valence-corrected chi connectivity index (χ3v) is 11.6. The maximum atomic E-state index is 12.9. The highest BCUT2D eigenvalue weighted by molar-refractivity contribution is 7.88. The summed E-state index contributed by atoms with van der Waals surface area (Å²) in [5, 5.41) is 9.05. The number of morpholine rings is 1. The lowest BCUT2D eigenvalue weighted by Crippen LogP contribution is -2.48. The van der Waals surface area contributed by atoms with Crippen LogP contribution in [0.5, 0.6) is 0 Å². The average molecular weight is 691 g/mol. The molecule has 48 heavy (non-hydrogen) atoms. The Kier molecular flexibility index (Phi) is 9.92. The van der Waals surface area contributed by atoms with Crippen LogP contribution >= 0.6 is 11.6 Å². The van der Waals surface area contributed by atoms with Gasteiger partial charge < -0.3 is 15.0 Å². The molecule has 2 fully saturated rings. The summed E-state index contributed by atoms with van der Waals surface area (Å²) >= 11 is 6.66. The van der Waals surface area contributed by atoms with Crippen LogP contribution in [0.3, 0.4) is 0 Å². The molecular weight excluding hydrogens is 648 g/mol. The van der Waals surface area contributed by atoms with Crippen LogP contribution < -0.4 is 5.32 Å². The highest BCUT2D eigenvalue weighted by Crippen LogP contribution is 2.33. The Morgan fingerprint density at radius 1 is 1.02 bits per heavy atom. The number of hydrogen-bond donors (Lipinski definition) is 1. The van der Waals surface area contributed by atoms with E-state index < -0.39 is 10.0 Å². The summed E-state index contributed by atoms with van der Waals surface area (Å²) in [6.45, 7) is 8.28. The third kappa shape index (κ3) is 7.34. The van der Waals surface area contributed by atoms with Crippen molar-refractivity contribution in [3.8, 4) is 23.1 Å². The van der Waals surface area contributed by atoms with E-state index in [1.165, 1.54) is 16.1 Å². The van der Waals surface area contributed by atoms with E-state index in [1.807, 2.05) is 29.2 Å². The number of aromatic nitrogens is 2. The van der Waals surface area contributed by atoms with Crippen molar-refractivity contribution in [3.63, 3.8) is 0 Å². The predicted molar refractivity (Wildman–Crippen MR) is 186 cm³/mol. The Labute approximate surface area is 288 Å². The minimum absolute atomic E-state index is 0.169. The average Bonchev–Trinajstić information content (AvgIpc) is 3.76. The number of nitrogens with one attached hydrogen (secondary N) is 1. The molecule has 1 amide bonds. The molecule has 10 nitrogen and oxygen atoms in total. The monoisotopic (exact) mass is 690 g/mol. The molecule has 5 heterocycles. The first-order chi connectivity index (χ1) is 23.2. The van der Waals surface area contributed by atoms with E-state index in [-0.39, 0.29) is 11.9 Å². The SMILES string of the molecule is CS(=O)(=O)N1CCc2c(c(-c3ccc(Cl)c(C#Cc4ccc5c(c4)CN[C@H](C(=O)N4CCCC4)C5)c3)nn2CCCN2CCOCC2)C1. The summed E-state index contributed by atoms with van der Waals surface area (Å²) < 4.78 is 34.2. The van der Waals surface area contributed by atoms with Gasteiger partial charge in [-0.3, -0.25) is 14.4 Å². The van der Waals surface area contributed by atoms with E-state index in [4.69, 9.17) is 21.4 Å². The Balaban J connectivity index is 1.11. The van der Waals surface area contributed by atoms with Gasteiger partial charge in [-0.1, -0.05) is 35.6 Å². The summed E-state index contributed by atoms with van der Waals surface area (Å²) in [4.78, 5) is 17.3. The highest BCUT2D eigenvalue weighted by Gasteiger charge is 2.31. The van der Waals surface area contributed by atoms with E-state index in [1.54, 1.807) is 0 Å². The van der Waals surface area contributed by atoms with Gasteiger partial charge in [0, 0.05) is 93.3 Å². The molecule has 4 aliphatic rings. The van der Waals surface area contributed by atoms with Crippen molar-refractivity contribution in [1.82, 2.24) is 29.2 Å². The van der Waals surface area contributed by atoms with Crippen LogP contribution in [0.4, 0.5) is 0 Å². The van der Waals surface area contributed by atoms with Gasteiger partial charge in [0.25, 0.3) is 0 Å². The van der Waals surface area contributed by atoms with E-state index in [9.17, 15) is 13.2 Å². The van der Waals surface area contributed by atoms with E-state index in [0.29, 0.717) is 43.1 Å². The van der Waals surface area contributed by atoms with Gasteiger partial charge in [0.1, 0.15) is 0 Å². The number of rotatable bonds is 7. The highest BCUT2D eigenvalue weighted by atomic mass is 35.5.